The first-order valence-electron chi connectivity index (χ1n) is 10.2. The lowest BCUT2D eigenvalue weighted by atomic mass is 10.0. The van der Waals surface area contributed by atoms with Gasteiger partial charge >= 0.3 is 5.97 Å². The summed E-state index contributed by atoms with van der Waals surface area (Å²) in [5.74, 6) is -1.37. The number of aliphatic carboxylic acids is 1. The summed E-state index contributed by atoms with van der Waals surface area (Å²) in [7, 11) is 0. The molecular weight excluding hydrogens is 324 g/mol. The molecule has 1 rings (SSSR count). The summed E-state index contributed by atoms with van der Waals surface area (Å²) >= 11 is 0. The minimum absolute atomic E-state index is 0.270. The molecule has 1 N–H and O–H groups in total. The number of benzene rings is 1. The Balaban J connectivity index is 2.09. The molecule has 0 amide bonds. The highest BCUT2D eigenvalue weighted by Gasteiger charge is 2.03. The first-order chi connectivity index (χ1) is 12.6. The van der Waals surface area contributed by atoms with Crippen molar-refractivity contribution < 1.29 is 14.7 Å². The molecule has 0 heterocycles. The van der Waals surface area contributed by atoms with E-state index in [1.807, 2.05) is 12.1 Å². The third-order valence-corrected chi connectivity index (χ3v) is 4.68. The molecular formula is C23H34O3. The summed E-state index contributed by atoms with van der Waals surface area (Å²) in [6.07, 6.45) is 17.8. The molecule has 0 aliphatic carbocycles. The van der Waals surface area contributed by atoms with E-state index in [4.69, 9.17) is 5.11 Å². The standard InChI is InChI=1S/C23H34O3/c1-2-3-4-5-6-7-8-9-10-11-12-13-20-14-16-21(17-15-20)22(24)18-19-23(25)26/h14-19H,2-13H2,1H3,(H,25,26)/b19-18+. The van der Waals surface area contributed by atoms with Gasteiger partial charge in [-0.15, -0.1) is 0 Å². The zero-order valence-electron chi connectivity index (χ0n) is 16.2. The number of rotatable bonds is 15. The van der Waals surface area contributed by atoms with Gasteiger partial charge in [0.25, 0.3) is 0 Å². The fourth-order valence-electron chi connectivity index (χ4n) is 3.07. The van der Waals surface area contributed by atoms with E-state index < -0.39 is 5.97 Å². The second-order valence-corrected chi connectivity index (χ2v) is 7.02. The van der Waals surface area contributed by atoms with Crippen LogP contribution in [0.4, 0.5) is 0 Å². The highest BCUT2D eigenvalue weighted by atomic mass is 16.4. The maximum atomic E-state index is 11.8. The lowest BCUT2D eigenvalue weighted by Crippen LogP contribution is -1.97. The van der Waals surface area contributed by atoms with E-state index in [0.717, 1.165) is 18.6 Å². The average molecular weight is 359 g/mol. The zero-order chi connectivity index (χ0) is 19.0. The molecule has 0 unspecified atom stereocenters. The first kappa shape index (κ1) is 22.1. The Bertz CT molecular complexity index is 543. The number of unbranched alkanes of at least 4 members (excludes halogenated alkanes) is 10. The van der Waals surface area contributed by atoms with Crippen LogP contribution < -0.4 is 0 Å². The second kappa shape index (κ2) is 14.3. The van der Waals surface area contributed by atoms with Gasteiger partial charge in [-0.25, -0.2) is 4.79 Å². The van der Waals surface area contributed by atoms with E-state index in [1.165, 1.54) is 76.2 Å². The van der Waals surface area contributed by atoms with Gasteiger partial charge in [0.1, 0.15) is 0 Å². The zero-order valence-corrected chi connectivity index (χ0v) is 16.2. The fraction of sp³-hybridized carbons (Fsp3) is 0.565. The van der Waals surface area contributed by atoms with Gasteiger partial charge in [-0.1, -0.05) is 95.4 Å². The quantitative estimate of drug-likeness (QED) is 0.225. The van der Waals surface area contributed by atoms with Crippen LogP contribution in [-0.4, -0.2) is 16.9 Å². The summed E-state index contributed by atoms with van der Waals surface area (Å²) in [6, 6.07) is 7.50. The summed E-state index contributed by atoms with van der Waals surface area (Å²) < 4.78 is 0. The van der Waals surface area contributed by atoms with Crippen LogP contribution in [0.15, 0.2) is 36.4 Å². The molecule has 0 aliphatic heterocycles. The molecule has 0 aliphatic rings. The number of ketones is 1. The third kappa shape index (κ3) is 10.9. The summed E-state index contributed by atoms with van der Waals surface area (Å²) in [4.78, 5) is 22.2. The number of aryl methyl sites for hydroxylation is 1. The van der Waals surface area contributed by atoms with Gasteiger partial charge in [0.2, 0.25) is 0 Å². The molecule has 1 aromatic carbocycles. The smallest absolute Gasteiger partial charge is 0.328 e. The Kier molecular flexibility index (Phi) is 12.2. The molecule has 0 bridgehead atoms. The van der Waals surface area contributed by atoms with Crippen LogP contribution in [0, 0.1) is 0 Å². The summed E-state index contributed by atoms with van der Waals surface area (Å²) in [5.41, 5.74) is 1.77. The first-order valence-corrected chi connectivity index (χ1v) is 10.2. The Hall–Kier alpha value is -1.90. The number of carbonyl (C=O) groups is 2. The third-order valence-electron chi connectivity index (χ3n) is 4.68. The van der Waals surface area contributed by atoms with E-state index in [0.29, 0.717) is 5.56 Å². The van der Waals surface area contributed by atoms with Crippen molar-refractivity contribution in [1.82, 2.24) is 0 Å². The minimum Gasteiger partial charge on any atom is -0.478 e. The summed E-state index contributed by atoms with van der Waals surface area (Å²) in [5, 5.41) is 8.55. The molecule has 26 heavy (non-hydrogen) atoms. The summed E-state index contributed by atoms with van der Waals surface area (Å²) in [6.45, 7) is 2.26. The normalized spacial score (nSPS) is 11.1. The Morgan fingerprint density at radius 1 is 0.769 bits per heavy atom. The van der Waals surface area contributed by atoms with Gasteiger partial charge in [0.05, 0.1) is 0 Å². The van der Waals surface area contributed by atoms with Crippen molar-refractivity contribution in [2.45, 2.75) is 84.0 Å². The molecule has 0 aromatic heterocycles. The Morgan fingerprint density at radius 2 is 1.27 bits per heavy atom. The number of hydrogen-bond donors (Lipinski definition) is 1. The number of carbonyl (C=O) groups excluding carboxylic acids is 1. The molecule has 0 spiro atoms. The highest BCUT2D eigenvalue weighted by molar-refractivity contribution is 6.06. The van der Waals surface area contributed by atoms with Crippen molar-refractivity contribution in [3.8, 4) is 0 Å². The van der Waals surface area contributed by atoms with Crippen molar-refractivity contribution in [3.05, 3.63) is 47.5 Å². The van der Waals surface area contributed by atoms with Crippen molar-refractivity contribution in [3.63, 3.8) is 0 Å². The van der Waals surface area contributed by atoms with E-state index in [2.05, 4.69) is 6.92 Å². The van der Waals surface area contributed by atoms with Gasteiger partial charge in [-0.3, -0.25) is 4.79 Å². The van der Waals surface area contributed by atoms with Gasteiger partial charge in [0.15, 0.2) is 5.78 Å². The molecule has 3 nitrogen and oxygen atoms in total. The monoisotopic (exact) mass is 358 g/mol. The van der Waals surface area contributed by atoms with E-state index in [9.17, 15) is 9.59 Å². The molecule has 3 heteroatoms. The molecule has 144 valence electrons. The van der Waals surface area contributed by atoms with Gasteiger partial charge in [-0.2, -0.15) is 0 Å². The number of hydrogen-bond acceptors (Lipinski definition) is 2. The number of carboxylic acid groups (broad SMARTS) is 1. The lowest BCUT2D eigenvalue weighted by Gasteiger charge is -2.04. The van der Waals surface area contributed by atoms with Crippen LogP contribution in [0.1, 0.15) is 93.5 Å². The predicted molar refractivity (Wildman–Crippen MR) is 108 cm³/mol. The SMILES string of the molecule is CCCCCCCCCCCCCc1ccc(C(=O)/C=C/C(=O)O)cc1. The molecule has 0 atom stereocenters. The van der Waals surface area contributed by atoms with E-state index in [1.54, 1.807) is 12.1 Å². The highest BCUT2D eigenvalue weighted by Crippen LogP contribution is 2.13. The molecule has 0 fully saturated rings. The average Bonchev–Trinajstić information content (AvgIpc) is 2.64. The maximum Gasteiger partial charge on any atom is 0.328 e. The second-order valence-electron chi connectivity index (χ2n) is 7.02. The minimum atomic E-state index is -1.11. The predicted octanol–water partition coefficient (Wildman–Crippen LogP) is 6.36. The van der Waals surface area contributed by atoms with Crippen LogP contribution in [0.2, 0.25) is 0 Å². The number of carboxylic acids is 1. The van der Waals surface area contributed by atoms with Crippen LogP contribution in [0.3, 0.4) is 0 Å². The van der Waals surface area contributed by atoms with Crippen LogP contribution in [0.5, 0.6) is 0 Å². The van der Waals surface area contributed by atoms with Crippen LogP contribution >= 0.6 is 0 Å². The fourth-order valence-corrected chi connectivity index (χ4v) is 3.07. The van der Waals surface area contributed by atoms with Gasteiger partial charge in [0, 0.05) is 11.6 Å². The van der Waals surface area contributed by atoms with Crippen molar-refractivity contribution >= 4 is 11.8 Å². The number of allylic oxidation sites excluding steroid dienone is 1. The van der Waals surface area contributed by atoms with Gasteiger partial charge in [-0.05, 0) is 24.5 Å². The molecule has 0 saturated carbocycles. The van der Waals surface area contributed by atoms with Crippen molar-refractivity contribution in [1.29, 1.82) is 0 Å². The van der Waals surface area contributed by atoms with Gasteiger partial charge < -0.3 is 5.11 Å². The van der Waals surface area contributed by atoms with Crippen LogP contribution in [-0.2, 0) is 11.2 Å². The maximum absolute atomic E-state index is 11.8. The molecule has 1 aromatic rings. The lowest BCUT2D eigenvalue weighted by molar-refractivity contribution is -0.131. The topological polar surface area (TPSA) is 54.4 Å². The van der Waals surface area contributed by atoms with E-state index >= 15 is 0 Å². The van der Waals surface area contributed by atoms with Crippen LogP contribution in [0.25, 0.3) is 0 Å². The largest absolute Gasteiger partial charge is 0.478 e. The Morgan fingerprint density at radius 3 is 1.77 bits per heavy atom. The molecule has 0 saturated heterocycles. The van der Waals surface area contributed by atoms with E-state index in [-0.39, 0.29) is 5.78 Å². The Labute approximate surface area is 158 Å². The van der Waals surface area contributed by atoms with Crippen molar-refractivity contribution in [2.75, 3.05) is 0 Å². The van der Waals surface area contributed by atoms with Crippen molar-refractivity contribution in [2.24, 2.45) is 0 Å². The molecule has 0 radical (unpaired) electrons.